The fourth-order valence-corrected chi connectivity index (χ4v) is 4.14. The van der Waals surface area contributed by atoms with Gasteiger partial charge in [0.25, 0.3) is 0 Å². The normalized spacial score (nSPS) is 11.1. The highest BCUT2D eigenvalue weighted by Gasteiger charge is 2.13. The van der Waals surface area contributed by atoms with Crippen molar-refractivity contribution in [1.82, 2.24) is 15.0 Å². The van der Waals surface area contributed by atoms with Gasteiger partial charge in [-0.25, -0.2) is 0 Å². The monoisotopic (exact) mass is 419 g/mol. The maximum absolute atomic E-state index is 10.8. The average molecular weight is 420 g/mol. The largest absolute Gasteiger partial charge is 0.505 e. The summed E-state index contributed by atoms with van der Waals surface area (Å²) < 4.78 is 0. The summed E-state index contributed by atoms with van der Waals surface area (Å²) >= 11 is 1.65. The van der Waals surface area contributed by atoms with Crippen LogP contribution in [0.15, 0.2) is 70.5 Å². The Morgan fingerprint density at radius 2 is 1.77 bits per heavy atom. The SMILES string of the molecule is Cc1cc(CCCC(=O)O)cc(-n2nc3ccc(Sc4ccccc4)cc3n2)c1O. The summed E-state index contributed by atoms with van der Waals surface area (Å²) in [6.07, 6.45) is 1.26. The molecule has 1 aromatic heterocycles. The molecule has 3 aromatic carbocycles. The number of rotatable bonds is 7. The minimum Gasteiger partial charge on any atom is -0.505 e. The van der Waals surface area contributed by atoms with Crippen LogP contribution in [0.1, 0.15) is 24.0 Å². The number of fused-ring (bicyclic) bond motifs is 1. The van der Waals surface area contributed by atoms with Gasteiger partial charge in [0.2, 0.25) is 0 Å². The first-order valence-electron chi connectivity index (χ1n) is 9.64. The number of hydrogen-bond donors (Lipinski definition) is 2. The van der Waals surface area contributed by atoms with Crippen molar-refractivity contribution in [3.05, 3.63) is 71.8 Å². The predicted octanol–water partition coefficient (Wildman–Crippen LogP) is 4.99. The molecule has 4 aromatic rings. The van der Waals surface area contributed by atoms with Crippen molar-refractivity contribution in [3.63, 3.8) is 0 Å². The van der Waals surface area contributed by atoms with Crippen molar-refractivity contribution in [2.24, 2.45) is 0 Å². The molecule has 6 nitrogen and oxygen atoms in total. The van der Waals surface area contributed by atoms with Gasteiger partial charge in [-0.05, 0) is 67.3 Å². The van der Waals surface area contributed by atoms with Crippen LogP contribution in [0.5, 0.6) is 5.75 Å². The quantitative estimate of drug-likeness (QED) is 0.439. The zero-order valence-electron chi connectivity index (χ0n) is 16.4. The van der Waals surface area contributed by atoms with E-state index in [9.17, 15) is 9.90 Å². The van der Waals surface area contributed by atoms with Gasteiger partial charge >= 0.3 is 5.97 Å². The van der Waals surface area contributed by atoms with Crippen molar-refractivity contribution in [2.75, 3.05) is 0 Å². The Kier molecular flexibility index (Phi) is 5.72. The fourth-order valence-electron chi connectivity index (χ4n) is 3.26. The molecule has 0 amide bonds. The molecule has 4 rings (SSSR count). The Balaban J connectivity index is 1.64. The van der Waals surface area contributed by atoms with Crippen LogP contribution in [-0.2, 0) is 11.2 Å². The number of hydrogen-bond acceptors (Lipinski definition) is 5. The molecule has 0 atom stereocenters. The van der Waals surface area contributed by atoms with Gasteiger partial charge in [0, 0.05) is 16.2 Å². The van der Waals surface area contributed by atoms with Crippen LogP contribution in [0.4, 0.5) is 0 Å². The highest BCUT2D eigenvalue weighted by molar-refractivity contribution is 7.99. The van der Waals surface area contributed by atoms with E-state index in [1.807, 2.05) is 55.5 Å². The summed E-state index contributed by atoms with van der Waals surface area (Å²) in [6.45, 7) is 1.82. The second-order valence-corrected chi connectivity index (χ2v) is 8.23. The predicted molar refractivity (Wildman–Crippen MR) is 116 cm³/mol. The lowest BCUT2D eigenvalue weighted by molar-refractivity contribution is -0.137. The number of nitrogens with zero attached hydrogens (tertiary/aromatic N) is 3. The number of aromatic hydroxyl groups is 1. The molecule has 30 heavy (non-hydrogen) atoms. The van der Waals surface area contributed by atoms with Crippen LogP contribution in [0, 0.1) is 6.92 Å². The van der Waals surface area contributed by atoms with E-state index in [1.54, 1.807) is 11.8 Å². The van der Waals surface area contributed by atoms with Gasteiger partial charge in [0.05, 0.1) is 0 Å². The van der Waals surface area contributed by atoms with Crippen molar-refractivity contribution in [2.45, 2.75) is 36.0 Å². The van der Waals surface area contributed by atoms with Crippen molar-refractivity contribution in [1.29, 1.82) is 0 Å². The maximum Gasteiger partial charge on any atom is 0.303 e. The molecule has 0 aliphatic carbocycles. The third kappa shape index (κ3) is 4.46. The maximum atomic E-state index is 10.8. The molecule has 2 N–H and O–H groups in total. The molecule has 0 unspecified atom stereocenters. The summed E-state index contributed by atoms with van der Waals surface area (Å²) in [5, 5.41) is 28.5. The molecule has 7 heteroatoms. The van der Waals surface area contributed by atoms with E-state index in [2.05, 4.69) is 22.3 Å². The first kappa shape index (κ1) is 20.0. The number of phenols is 1. The van der Waals surface area contributed by atoms with E-state index in [0.29, 0.717) is 24.1 Å². The summed E-state index contributed by atoms with van der Waals surface area (Å²) in [5.74, 6) is -0.689. The van der Waals surface area contributed by atoms with E-state index >= 15 is 0 Å². The number of aryl methyl sites for hydroxylation is 2. The third-order valence-electron chi connectivity index (χ3n) is 4.74. The van der Waals surface area contributed by atoms with Gasteiger partial charge in [0.15, 0.2) is 0 Å². The molecule has 0 aliphatic rings. The van der Waals surface area contributed by atoms with Crippen LogP contribution in [-0.4, -0.2) is 31.2 Å². The second-order valence-electron chi connectivity index (χ2n) is 7.08. The molecule has 0 radical (unpaired) electrons. The number of phenolic OH excluding ortho intramolecular Hbond substituents is 1. The third-order valence-corrected chi connectivity index (χ3v) is 5.74. The number of aliphatic carboxylic acids is 1. The zero-order valence-corrected chi connectivity index (χ0v) is 17.3. The zero-order chi connectivity index (χ0) is 21.1. The highest BCUT2D eigenvalue weighted by atomic mass is 32.2. The second kappa shape index (κ2) is 8.59. The Labute approximate surface area is 178 Å². The van der Waals surface area contributed by atoms with E-state index in [0.717, 1.165) is 26.4 Å². The number of aromatic nitrogens is 3. The number of carboxylic acids is 1. The average Bonchev–Trinajstić information content (AvgIpc) is 3.14. The van der Waals surface area contributed by atoms with Crippen LogP contribution >= 0.6 is 11.8 Å². The topological polar surface area (TPSA) is 88.2 Å². The van der Waals surface area contributed by atoms with Crippen molar-refractivity contribution >= 4 is 28.8 Å². The van der Waals surface area contributed by atoms with Crippen LogP contribution in [0.2, 0.25) is 0 Å². The Bertz CT molecular complexity index is 1210. The Morgan fingerprint density at radius 3 is 2.53 bits per heavy atom. The lowest BCUT2D eigenvalue weighted by Gasteiger charge is -2.09. The molecule has 0 saturated heterocycles. The molecular weight excluding hydrogens is 398 g/mol. The Morgan fingerprint density at radius 1 is 1.00 bits per heavy atom. The van der Waals surface area contributed by atoms with E-state index in [4.69, 9.17) is 5.11 Å². The summed E-state index contributed by atoms with van der Waals surface area (Å²) in [7, 11) is 0. The molecule has 0 aliphatic heterocycles. The van der Waals surface area contributed by atoms with Gasteiger partial charge in [-0.1, -0.05) is 36.0 Å². The van der Waals surface area contributed by atoms with E-state index in [-0.39, 0.29) is 12.2 Å². The standard InChI is InChI=1S/C23H21N3O3S/c1-15-12-16(6-5-9-22(27)28)13-21(23(15)29)26-24-19-11-10-18(14-20(19)25-26)30-17-7-3-2-4-8-17/h2-4,7-8,10-14,29H,5-6,9H2,1H3,(H,27,28). The van der Waals surface area contributed by atoms with E-state index < -0.39 is 5.97 Å². The molecular formula is C23H21N3O3S. The van der Waals surface area contributed by atoms with Crippen LogP contribution in [0.3, 0.4) is 0 Å². The van der Waals surface area contributed by atoms with Crippen LogP contribution < -0.4 is 0 Å². The first-order chi connectivity index (χ1) is 14.5. The molecule has 0 bridgehead atoms. The number of carbonyl (C=O) groups is 1. The van der Waals surface area contributed by atoms with E-state index in [1.165, 1.54) is 4.80 Å². The smallest absolute Gasteiger partial charge is 0.303 e. The highest BCUT2D eigenvalue weighted by Crippen LogP contribution is 2.31. The lowest BCUT2D eigenvalue weighted by Crippen LogP contribution is -2.02. The number of benzene rings is 3. The van der Waals surface area contributed by atoms with Crippen molar-refractivity contribution in [3.8, 4) is 11.4 Å². The first-order valence-corrected chi connectivity index (χ1v) is 10.5. The molecule has 0 fully saturated rings. The van der Waals surface area contributed by atoms with Gasteiger partial charge in [-0.3, -0.25) is 4.79 Å². The minimum atomic E-state index is -0.810. The summed E-state index contributed by atoms with van der Waals surface area (Å²) in [6, 6.07) is 19.7. The summed E-state index contributed by atoms with van der Waals surface area (Å²) in [4.78, 5) is 14.4. The van der Waals surface area contributed by atoms with Gasteiger partial charge in [-0.2, -0.15) is 0 Å². The van der Waals surface area contributed by atoms with Gasteiger partial charge in [-0.15, -0.1) is 15.0 Å². The van der Waals surface area contributed by atoms with Crippen LogP contribution in [0.25, 0.3) is 16.7 Å². The molecule has 0 spiro atoms. The minimum absolute atomic E-state index is 0.112. The fraction of sp³-hybridized carbons (Fsp3) is 0.174. The molecule has 152 valence electrons. The number of carboxylic acid groups (broad SMARTS) is 1. The van der Waals surface area contributed by atoms with Gasteiger partial charge < -0.3 is 10.2 Å². The summed E-state index contributed by atoms with van der Waals surface area (Å²) in [5.41, 5.74) is 3.63. The molecule has 0 saturated carbocycles. The Hall–Kier alpha value is -3.32. The van der Waals surface area contributed by atoms with Gasteiger partial charge in [0.1, 0.15) is 22.5 Å². The lowest BCUT2D eigenvalue weighted by atomic mass is 10.0. The molecule has 1 heterocycles. The van der Waals surface area contributed by atoms with Crippen molar-refractivity contribution < 1.29 is 15.0 Å².